The number of nitrogens with zero attached hydrogens (tertiary/aromatic N) is 3. The number of rotatable bonds is 5. The van der Waals surface area contributed by atoms with E-state index in [1.165, 1.54) is 17.4 Å². The summed E-state index contributed by atoms with van der Waals surface area (Å²) < 4.78 is 14.3. The zero-order valence-corrected chi connectivity index (χ0v) is 17.9. The Bertz CT molecular complexity index is 1230. The second-order valence-electron chi connectivity index (χ2n) is 7.76. The summed E-state index contributed by atoms with van der Waals surface area (Å²) in [7, 11) is 0. The third kappa shape index (κ3) is 4.38. The molecule has 1 aliphatic heterocycles. The number of amides is 1. The van der Waals surface area contributed by atoms with Gasteiger partial charge in [-0.2, -0.15) is 0 Å². The molecule has 0 saturated carbocycles. The number of hydrogen-bond acceptors (Lipinski definition) is 5. The van der Waals surface area contributed by atoms with Crippen LogP contribution in [-0.2, 0) is 0 Å². The van der Waals surface area contributed by atoms with Crippen molar-refractivity contribution < 1.29 is 9.18 Å². The highest BCUT2D eigenvalue weighted by Crippen LogP contribution is 2.29. The lowest BCUT2D eigenvalue weighted by atomic mass is 10.1. The monoisotopic (exact) mass is 434 g/mol. The highest BCUT2D eigenvalue weighted by atomic mass is 32.1. The van der Waals surface area contributed by atoms with Crippen LogP contribution in [0.5, 0.6) is 0 Å². The van der Waals surface area contributed by atoms with Gasteiger partial charge in [0.05, 0.1) is 10.2 Å². The first kappa shape index (κ1) is 19.9. The first-order valence-corrected chi connectivity index (χ1v) is 11.3. The van der Waals surface area contributed by atoms with E-state index in [0.717, 1.165) is 58.8 Å². The summed E-state index contributed by atoms with van der Waals surface area (Å²) in [4.78, 5) is 21.8. The van der Waals surface area contributed by atoms with E-state index in [0.29, 0.717) is 12.1 Å². The van der Waals surface area contributed by atoms with Crippen molar-refractivity contribution in [3.05, 3.63) is 72.0 Å². The van der Waals surface area contributed by atoms with E-state index in [2.05, 4.69) is 20.1 Å². The minimum atomic E-state index is -0.224. The molecule has 158 valence electrons. The summed E-state index contributed by atoms with van der Waals surface area (Å²) in [5.74, 6) is -0.260. The number of anilines is 1. The normalized spacial score (nSPS) is 14.9. The van der Waals surface area contributed by atoms with E-state index in [1.807, 2.05) is 42.5 Å². The number of fused-ring (bicyclic) bond motifs is 2. The van der Waals surface area contributed by atoms with Gasteiger partial charge in [0.1, 0.15) is 5.82 Å². The Kier molecular flexibility index (Phi) is 5.53. The topological polar surface area (TPSA) is 48.5 Å². The Labute approximate surface area is 184 Å². The van der Waals surface area contributed by atoms with Crippen LogP contribution in [0.1, 0.15) is 10.4 Å². The molecule has 3 aromatic carbocycles. The minimum Gasteiger partial charge on any atom is -0.351 e. The van der Waals surface area contributed by atoms with Gasteiger partial charge < -0.3 is 10.2 Å². The van der Waals surface area contributed by atoms with Crippen LogP contribution in [0.3, 0.4) is 0 Å². The maximum atomic E-state index is 13.4. The average Bonchev–Trinajstić information content (AvgIpc) is 3.22. The highest BCUT2D eigenvalue weighted by molar-refractivity contribution is 7.22. The van der Waals surface area contributed by atoms with Crippen LogP contribution in [0, 0.1) is 5.82 Å². The molecule has 1 N–H and O–H groups in total. The summed E-state index contributed by atoms with van der Waals surface area (Å²) in [6, 6.07) is 18.6. The van der Waals surface area contributed by atoms with Crippen LogP contribution >= 0.6 is 11.3 Å². The Morgan fingerprint density at radius 1 is 1.00 bits per heavy atom. The third-order valence-corrected chi connectivity index (χ3v) is 6.79. The molecule has 5 nitrogen and oxygen atoms in total. The lowest BCUT2D eigenvalue weighted by Crippen LogP contribution is -2.48. The van der Waals surface area contributed by atoms with E-state index >= 15 is 0 Å². The fourth-order valence-electron chi connectivity index (χ4n) is 3.94. The van der Waals surface area contributed by atoms with Crippen molar-refractivity contribution in [3.8, 4) is 0 Å². The molecule has 0 radical (unpaired) electrons. The summed E-state index contributed by atoms with van der Waals surface area (Å²) >= 11 is 1.54. The van der Waals surface area contributed by atoms with Gasteiger partial charge in [0, 0.05) is 44.8 Å². The molecule has 2 heterocycles. The number of hydrogen-bond donors (Lipinski definition) is 1. The predicted molar refractivity (Wildman–Crippen MR) is 125 cm³/mol. The third-order valence-electron chi connectivity index (χ3n) is 5.71. The van der Waals surface area contributed by atoms with Crippen molar-refractivity contribution in [2.45, 2.75) is 0 Å². The number of carbonyl (C=O) groups excluding carboxylic acids is 1. The number of piperazine rings is 1. The van der Waals surface area contributed by atoms with Gasteiger partial charge in [0.2, 0.25) is 0 Å². The second kappa shape index (κ2) is 8.61. The van der Waals surface area contributed by atoms with Gasteiger partial charge in [0.25, 0.3) is 5.91 Å². The largest absolute Gasteiger partial charge is 0.351 e. The number of aromatic nitrogens is 1. The van der Waals surface area contributed by atoms with Crippen LogP contribution < -0.4 is 10.2 Å². The second-order valence-corrected chi connectivity index (χ2v) is 8.76. The molecule has 0 bridgehead atoms. The maximum absolute atomic E-state index is 13.4. The van der Waals surface area contributed by atoms with Crippen LogP contribution in [-0.4, -0.2) is 55.1 Å². The van der Waals surface area contributed by atoms with Gasteiger partial charge in [0.15, 0.2) is 5.13 Å². The van der Waals surface area contributed by atoms with Crippen molar-refractivity contribution in [1.82, 2.24) is 15.2 Å². The molecular weight excluding hydrogens is 411 g/mol. The number of halogens is 1. The summed E-state index contributed by atoms with van der Waals surface area (Å²) in [5, 5.41) is 6.19. The van der Waals surface area contributed by atoms with E-state index in [9.17, 15) is 9.18 Å². The molecule has 0 aliphatic carbocycles. The predicted octanol–water partition coefficient (Wildman–Crippen LogP) is 4.14. The van der Waals surface area contributed by atoms with E-state index in [1.54, 1.807) is 12.1 Å². The van der Waals surface area contributed by atoms with E-state index in [4.69, 9.17) is 0 Å². The molecule has 1 aliphatic rings. The standard InChI is InChI=1S/C24H23FN4OS/c25-20-7-8-21-22(16-20)31-24(27-21)29-13-11-28(12-14-29)10-9-26-23(30)19-6-5-17-3-1-2-4-18(17)15-19/h1-8,15-16H,9-14H2,(H,26,30). The maximum Gasteiger partial charge on any atom is 0.251 e. The van der Waals surface area contributed by atoms with Crippen LogP contribution in [0.15, 0.2) is 60.7 Å². The summed E-state index contributed by atoms with van der Waals surface area (Å²) in [6.07, 6.45) is 0. The molecular formula is C24H23FN4OS. The molecule has 0 atom stereocenters. The number of nitrogens with one attached hydrogen (secondary N) is 1. The first-order valence-electron chi connectivity index (χ1n) is 10.5. The van der Waals surface area contributed by atoms with Gasteiger partial charge in [-0.25, -0.2) is 9.37 Å². The fraction of sp³-hybridized carbons (Fsp3) is 0.250. The van der Waals surface area contributed by atoms with Crippen molar-refractivity contribution in [2.24, 2.45) is 0 Å². The van der Waals surface area contributed by atoms with Gasteiger partial charge in [-0.15, -0.1) is 0 Å². The Balaban J connectivity index is 1.11. The van der Waals surface area contributed by atoms with Crippen LogP contribution in [0.2, 0.25) is 0 Å². The quantitative estimate of drug-likeness (QED) is 0.513. The minimum absolute atomic E-state index is 0.0360. The molecule has 0 unspecified atom stereocenters. The van der Waals surface area contributed by atoms with E-state index in [-0.39, 0.29) is 11.7 Å². The Hall–Kier alpha value is -3.03. The first-order chi connectivity index (χ1) is 15.2. The molecule has 1 saturated heterocycles. The molecule has 7 heteroatoms. The lowest BCUT2D eigenvalue weighted by molar-refractivity contribution is 0.0948. The molecule has 1 amide bonds. The van der Waals surface area contributed by atoms with Crippen molar-refractivity contribution in [2.75, 3.05) is 44.2 Å². The molecule has 1 fully saturated rings. The van der Waals surface area contributed by atoms with Crippen molar-refractivity contribution >= 4 is 43.4 Å². The number of carbonyl (C=O) groups is 1. The number of benzene rings is 3. The van der Waals surface area contributed by atoms with Gasteiger partial charge in [-0.3, -0.25) is 9.69 Å². The van der Waals surface area contributed by atoms with Crippen LogP contribution in [0.4, 0.5) is 9.52 Å². The van der Waals surface area contributed by atoms with Crippen molar-refractivity contribution in [1.29, 1.82) is 0 Å². The molecule has 5 rings (SSSR count). The van der Waals surface area contributed by atoms with Gasteiger partial charge in [-0.1, -0.05) is 41.7 Å². The van der Waals surface area contributed by atoms with Gasteiger partial charge in [-0.05, 0) is 41.1 Å². The summed E-state index contributed by atoms with van der Waals surface area (Å²) in [5.41, 5.74) is 1.54. The lowest BCUT2D eigenvalue weighted by Gasteiger charge is -2.34. The zero-order valence-electron chi connectivity index (χ0n) is 17.1. The molecule has 31 heavy (non-hydrogen) atoms. The Morgan fingerprint density at radius 3 is 2.65 bits per heavy atom. The smallest absolute Gasteiger partial charge is 0.251 e. The SMILES string of the molecule is O=C(NCCN1CCN(c2nc3ccc(F)cc3s2)CC1)c1ccc2ccccc2c1. The number of thiazole rings is 1. The summed E-state index contributed by atoms with van der Waals surface area (Å²) in [6.45, 7) is 5.01. The molecule has 4 aromatic rings. The average molecular weight is 435 g/mol. The van der Waals surface area contributed by atoms with Gasteiger partial charge >= 0.3 is 0 Å². The van der Waals surface area contributed by atoms with E-state index < -0.39 is 0 Å². The van der Waals surface area contributed by atoms with Crippen molar-refractivity contribution in [3.63, 3.8) is 0 Å². The molecule has 1 aromatic heterocycles. The Morgan fingerprint density at radius 2 is 1.81 bits per heavy atom. The molecule has 0 spiro atoms. The zero-order chi connectivity index (χ0) is 21.2. The van der Waals surface area contributed by atoms with Crippen LogP contribution in [0.25, 0.3) is 21.0 Å². The highest BCUT2D eigenvalue weighted by Gasteiger charge is 2.20. The fourth-order valence-corrected chi connectivity index (χ4v) is 4.99.